The second kappa shape index (κ2) is 4.59. The summed E-state index contributed by atoms with van der Waals surface area (Å²) < 4.78 is 0.780. The summed E-state index contributed by atoms with van der Waals surface area (Å²) in [6, 6.07) is 1.93. The van der Waals surface area contributed by atoms with Crippen LogP contribution < -0.4 is 5.32 Å². The molecule has 0 fully saturated rings. The van der Waals surface area contributed by atoms with Crippen molar-refractivity contribution in [3.05, 3.63) is 15.8 Å². The summed E-state index contributed by atoms with van der Waals surface area (Å²) in [7, 11) is 0. The Bertz CT molecular complexity index is 214. The molecular weight excluding hydrogens is 182 g/mol. The van der Waals surface area contributed by atoms with Gasteiger partial charge in [0.2, 0.25) is 0 Å². The fourth-order valence-corrected chi connectivity index (χ4v) is 1.60. The maximum atomic E-state index is 8.49. The number of nitrogens with one attached hydrogen (secondary N) is 1. The van der Waals surface area contributed by atoms with Gasteiger partial charge in [-0.1, -0.05) is 11.6 Å². The highest BCUT2D eigenvalue weighted by atomic mass is 35.5. The van der Waals surface area contributed by atoms with Crippen molar-refractivity contribution in [2.75, 3.05) is 18.5 Å². The molecule has 0 spiro atoms. The van der Waals surface area contributed by atoms with Gasteiger partial charge in [0.05, 0.1) is 5.69 Å². The van der Waals surface area contributed by atoms with Gasteiger partial charge in [0.1, 0.15) is 4.34 Å². The molecule has 0 unspecified atom stereocenters. The summed E-state index contributed by atoms with van der Waals surface area (Å²) in [5.41, 5.74) is 0.963. The molecule has 1 aromatic rings. The van der Waals surface area contributed by atoms with Gasteiger partial charge in [-0.15, -0.1) is 11.3 Å². The average Bonchev–Trinajstić information content (AvgIpc) is 2.37. The Balaban J connectivity index is 2.32. The van der Waals surface area contributed by atoms with E-state index in [1.165, 1.54) is 11.3 Å². The van der Waals surface area contributed by atoms with Gasteiger partial charge >= 0.3 is 0 Å². The third-order valence-electron chi connectivity index (χ3n) is 1.27. The maximum Gasteiger partial charge on any atom is 0.116 e. The Morgan fingerprint density at radius 2 is 2.45 bits per heavy atom. The van der Waals surface area contributed by atoms with Crippen LogP contribution in [0.25, 0.3) is 0 Å². The van der Waals surface area contributed by atoms with Gasteiger partial charge in [0, 0.05) is 13.2 Å². The first-order chi connectivity index (χ1) is 5.34. The quantitative estimate of drug-likeness (QED) is 0.716. The monoisotopic (exact) mass is 191 g/mol. The molecular formula is C7H10ClNOS. The molecule has 0 saturated carbocycles. The highest BCUT2D eigenvalue weighted by Crippen LogP contribution is 2.27. The smallest absolute Gasteiger partial charge is 0.116 e. The molecule has 1 heterocycles. The van der Waals surface area contributed by atoms with Crippen LogP contribution in [0.1, 0.15) is 6.42 Å². The summed E-state index contributed by atoms with van der Waals surface area (Å²) in [4.78, 5) is 0. The molecule has 0 aliphatic heterocycles. The minimum Gasteiger partial charge on any atom is -0.396 e. The van der Waals surface area contributed by atoms with E-state index in [0.717, 1.165) is 23.0 Å². The third-order valence-corrected chi connectivity index (χ3v) is 2.44. The van der Waals surface area contributed by atoms with Crippen LogP contribution in [0.4, 0.5) is 5.69 Å². The fraction of sp³-hybridized carbons (Fsp3) is 0.429. The summed E-state index contributed by atoms with van der Waals surface area (Å²) in [5, 5.41) is 13.5. The Labute approximate surface area is 74.8 Å². The summed E-state index contributed by atoms with van der Waals surface area (Å²) in [6.07, 6.45) is 0.756. The van der Waals surface area contributed by atoms with Gasteiger partial charge in [-0.2, -0.15) is 0 Å². The first kappa shape index (κ1) is 8.84. The number of rotatable bonds is 4. The van der Waals surface area contributed by atoms with Crippen molar-refractivity contribution < 1.29 is 5.11 Å². The van der Waals surface area contributed by atoms with Crippen LogP contribution in [0.2, 0.25) is 4.34 Å². The Hall–Kier alpha value is -0.250. The van der Waals surface area contributed by atoms with Crippen LogP contribution in [0.5, 0.6) is 0 Å². The lowest BCUT2D eigenvalue weighted by atomic mass is 10.4. The predicted octanol–water partition coefficient (Wildman–Crippen LogP) is 2.20. The number of hydrogen-bond donors (Lipinski definition) is 2. The number of hydrogen-bond acceptors (Lipinski definition) is 3. The summed E-state index contributed by atoms with van der Waals surface area (Å²) in [5.74, 6) is 0. The molecule has 0 aliphatic carbocycles. The highest BCUT2D eigenvalue weighted by Gasteiger charge is 1.98. The van der Waals surface area contributed by atoms with E-state index in [1.54, 1.807) is 0 Å². The number of anilines is 1. The molecule has 0 amide bonds. The lowest BCUT2D eigenvalue weighted by molar-refractivity contribution is 0.292. The van der Waals surface area contributed by atoms with E-state index >= 15 is 0 Å². The van der Waals surface area contributed by atoms with Crippen molar-refractivity contribution in [2.24, 2.45) is 0 Å². The van der Waals surface area contributed by atoms with Crippen LogP contribution in [0.15, 0.2) is 11.4 Å². The van der Waals surface area contributed by atoms with E-state index in [-0.39, 0.29) is 6.61 Å². The number of aliphatic hydroxyl groups excluding tert-OH is 1. The van der Waals surface area contributed by atoms with E-state index < -0.39 is 0 Å². The molecule has 2 N–H and O–H groups in total. The molecule has 0 atom stereocenters. The second-order valence-corrected chi connectivity index (χ2v) is 3.63. The van der Waals surface area contributed by atoms with Crippen LogP contribution in [0, 0.1) is 0 Å². The van der Waals surface area contributed by atoms with Gasteiger partial charge in [0.25, 0.3) is 0 Å². The van der Waals surface area contributed by atoms with E-state index in [1.807, 2.05) is 11.4 Å². The van der Waals surface area contributed by atoms with Crippen molar-refractivity contribution >= 4 is 28.6 Å². The molecule has 0 aromatic carbocycles. The molecule has 0 radical (unpaired) electrons. The third kappa shape index (κ3) is 2.69. The minimum atomic E-state index is 0.217. The zero-order valence-corrected chi connectivity index (χ0v) is 7.58. The molecule has 0 aliphatic rings. The molecule has 4 heteroatoms. The molecule has 1 rings (SSSR count). The topological polar surface area (TPSA) is 32.3 Å². The molecule has 62 valence electrons. The number of aliphatic hydroxyl groups is 1. The van der Waals surface area contributed by atoms with Crippen LogP contribution >= 0.6 is 22.9 Å². The molecule has 0 bridgehead atoms. The standard InChI is InChI=1S/C7H10ClNOS/c8-7-6(2-5-11-7)9-3-1-4-10/h2,5,9-10H,1,3-4H2. The minimum absolute atomic E-state index is 0.217. The molecule has 1 aromatic heterocycles. The molecule has 11 heavy (non-hydrogen) atoms. The van der Waals surface area contributed by atoms with E-state index in [2.05, 4.69) is 5.32 Å². The van der Waals surface area contributed by atoms with Crippen molar-refractivity contribution in [1.29, 1.82) is 0 Å². The van der Waals surface area contributed by atoms with Crippen molar-refractivity contribution in [3.8, 4) is 0 Å². The second-order valence-electron chi connectivity index (χ2n) is 2.11. The number of halogens is 1. The van der Waals surface area contributed by atoms with Crippen LogP contribution in [-0.4, -0.2) is 18.3 Å². The van der Waals surface area contributed by atoms with Gasteiger partial charge in [-0.3, -0.25) is 0 Å². The SMILES string of the molecule is OCCCNc1ccsc1Cl. The maximum absolute atomic E-state index is 8.49. The van der Waals surface area contributed by atoms with Crippen molar-refractivity contribution in [2.45, 2.75) is 6.42 Å². The Kier molecular flexibility index (Phi) is 3.69. The summed E-state index contributed by atoms with van der Waals surface area (Å²) in [6.45, 7) is 0.988. The van der Waals surface area contributed by atoms with Gasteiger partial charge in [0.15, 0.2) is 0 Å². The van der Waals surface area contributed by atoms with E-state index in [4.69, 9.17) is 16.7 Å². The highest BCUT2D eigenvalue weighted by molar-refractivity contribution is 7.15. The first-order valence-corrected chi connectivity index (χ1v) is 4.68. The fourth-order valence-electron chi connectivity index (χ4n) is 0.721. The molecule has 2 nitrogen and oxygen atoms in total. The largest absolute Gasteiger partial charge is 0.396 e. The number of thiophene rings is 1. The van der Waals surface area contributed by atoms with Gasteiger partial charge < -0.3 is 10.4 Å². The Morgan fingerprint density at radius 3 is 3.00 bits per heavy atom. The average molecular weight is 192 g/mol. The van der Waals surface area contributed by atoms with Crippen molar-refractivity contribution in [3.63, 3.8) is 0 Å². The lowest BCUT2D eigenvalue weighted by Gasteiger charge is -2.01. The zero-order chi connectivity index (χ0) is 8.10. The van der Waals surface area contributed by atoms with Crippen LogP contribution in [-0.2, 0) is 0 Å². The Morgan fingerprint density at radius 1 is 1.64 bits per heavy atom. The normalized spacial score (nSPS) is 10.0. The zero-order valence-electron chi connectivity index (χ0n) is 6.01. The first-order valence-electron chi connectivity index (χ1n) is 3.42. The van der Waals surface area contributed by atoms with Gasteiger partial charge in [-0.05, 0) is 17.9 Å². The lowest BCUT2D eigenvalue weighted by Crippen LogP contribution is -2.02. The van der Waals surface area contributed by atoms with Crippen LogP contribution in [0.3, 0.4) is 0 Å². The summed E-state index contributed by atoms with van der Waals surface area (Å²) >= 11 is 7.32. The van der Waals surface area contributed by atoms with Gasteiger partial charge in [-0.25, -0.2) is 0 Å². The van der Waals surface area contributed by atoms with E-state index in [9.17, 15) is 0 Å². The molecule has 0 saturated heterocycles. The van der Waals surface area contributed by atoms with E-state index in [0.29, 0.717) is 0 Å². The predicted molar refractivity (Wildman–Crippen MR) is 49.5 cm³/mol. The van der Waals surface area contributed by atoms with Crippen molar-refractivity contribution in [1.82, 2.24) is 0 Å².